The lowest BCUT2D eigenvalue weighted by Crippen LogP contribution is -3.00. The van der Waals surface area contributed by atoms with Gasteiger partial charge in [0.2, 0.25) is 0 Å². The van der Waals surface area contributed by atoms with Gasteiger partial charge in [0.25, 0.3) is 0 Å². The second-order valence-electron chi connectivity index (χ2n) is 5.22. The van der Waals surface area contributed by atoms with Crippen LogP contribution in [0.4, 0.5) is 4.39 Å². The van der Waals surface area contributed by atoms with Crippen LogP contribution in [-0.4, -0.2) is 7.11 Å². The second kappa shape index (κ2) is 8.52. The maximum atomic E-state index is 12.9. The summed E-state index contributed by atoms with van der Waals surface area (Å²) in [6, 6.07) is 18.0. The summed E-state index contributed by atoms with van der Waals surface area (Å²) >= 11 is 0. The molecule has 0 aliphatic rings. The van der Waals surface area contributed by atoms with Gasteiger partial charge in [-0.1, -0.05) is 12.1 Å². The van der Waals surface area contributed by atoms with Crippen LogP contribution in [0, 0.1) is 5.82 Å². The number of halogens is 2. The Hall–Kier alpha value is -2.30. The van der Waals surface area contributed by atoms with Gasteiger partial charge in [0, 0.05) is 12.1 Å². The van der Waals surface area contributed by atoms with E-state index in [1.54, 1.807) is 19.2 Å². The van der Waals surface area contributed by atoms with E-state index in [4.69, 9.17) is 9.15 Å². The highest BCUT2D eigenvalue weighted by atomic mass is 35.5. The highest BCUT2D eigenvalue weighted by Crippen LogP contribution is 2.22. The van der Waals surface area contributed by atoms with Crippen molar-refractivity contribution in [3.63, 3.8) is 0 Å². The van der Waals surface area contributed by atoms with Gasteiger partial charge in [-0.25, -0.2) is 4.39 Å². The van der Waals surface area contributed by atoms with Crippen molar-refractivity contribution >= 4 is 0 Å². The molecule has 1 aromatic heterocycles. The van der Waals surface area contributed by atoms with Crippen molar-refractivity contribution in [2.24, 2.45) is 0 Å². The van der Waals surface area contributed by atoms with E-state index in [1.165, 1.54) is 17.7 Å². The van der Waals surface area contributed by atoms with E-state index < -0.39 is 0 Å². The third-order valence-corrected chi connectivity index (χ3v) is 3.58. The molecule has 3 rings (SSSR count). The Morgan fingerprint density at radius 3 is 2.29 bits per heavy atom. The van der Waals surface area contributed by atoms with Crippen LogP contribution < -0.4 is 22.5 Å². The number of hydrogen-bond donors (Lipinski definition) is 1. The van der Waals surface area contributed by atoms with Gasteiger partial charge in [0.1, 0.15) is 23.1 Å². The topological polar surface area (TPSA) is 34.4 Å². The third-order valence-electron chi connectivity index (χ3n) is 3.58. The van der Waals surface area contributed by atoms with Gasteiger partial charge in [0.05, 0.1) is 13.7 Å². The van der Waals surface area contributed by atoms with Crippen LogP contribution in [-0.2, 0) is 13.1 Å². The summed E-state index contributed by atoms with van der Waals surface area (Å²) in [5, 5.41) is 3.33. The molecule has 1 heterocycles. The first-order valence-corrected chi connectivity index (χ1v) is 7.43. The minimum Gasteiger partial charge on any atom is -1.00 e. The van der Waals surface area contributed by atoms with E-state index >= 15 is 0 Å². The Kier molecular flexibility index (Phi) is 6.41. The van der Waals surface area contributed by atoms with E-state index in [0.717, 1.165) is 29.4 Å². The fraction of sp³-hybridized carbons (Fsp3) is 0.158. The van der Waals surface area contributed by atoms with Crippen LogP contribution in [0.3, 0.4) is 0 Å². The molecule has 0 spiro atoms. The number of ether oxygens (including phenoxy) is 1. The number of furan rings is 1. The molecule has 0 atom stereocenters. The molecule has 3 aromatic rings. The maximum absolute atomic E-state index is 12.9. The van der Waals surface area contributed by atoms with E-state index in [9.17, 15) is 4.39 Å². The summed E-state index contributed by atoms with van der Waals surface area (Å²) in [4.78, 5) is 0. The lowest BCUT2D eigenvalue weighted by molar-refractivity contribution is -0.00000614. The van der Waals surface area contributed by atoms with Crippen LogP contribution in [0.25, 0.3) is 11.3 Å². The Morgan fingerprint density at radius 1 is 0.917 bits per heavy atom. The van der Waals surface area contributed by atoms with Gasteiger partial charge >= 0.3 is 0 Å². The molecule has 0 radical (unpaired) electrons. The number of nitrogens with one attached hydrogen (secondary N) is 1. The van der Waals surface area contributed by atoms with Crippen molar-refractivity contribution < 1.29 is 26.0 Å². The quantitative estimate of drug-likeness (QED) is 0.732. The van der Waals surface area contributed by atoms with Gasteiger partial charge in [-0.05, 0) is 54.1 Å². The first kappa shape index (κ1) is 18.0. The summed E-state index contributed by atoms with van der Waals surface area (Å²) in [6.45, 7) is 1.38. The van der Waals surface area contributed by atoms with Crippen LogP contribution in [0.5, 0.6) is 5.75 Å². The van der Waals surface area contributed by atoms with Crippen molar-refractivity contribution in [1.29, 1.82) is 0 Å². The fourth-order valence-electron chi connectivity index (χ4n) is 2.32. The van der Waals surface area contributed by atoms with Gasteiger partial charge in [0.15, 0.2) is 0 Å². The van der Waals surface area contributed by atoms with Crippen molar-refractivity contribution in [1.82, 2.24) is 5.32 Å². The number of benzene rings is 2. The zero-order valence-corrected chi connectivity index (χ0v) is 14.0. The van der Waals surface area contributed by atoms with E-state index in [-0.39, 0.29) is 18.2 Å². The zero-order chi connectivity index (χ0) is 16.1. The van der Waals surface area contributed by atoms with Crippen molar-refractivity contribution in [2.45, 2.75) is 13.1 Å². The molecular formula is C19H18ClFNO2-. The van der Waals surface area contributed by atoms with E-state index in [2.05, 4.69) is 5.32 Å². The molecular weight excluding hydrogens is 329 g/mol. The Balaban J connectivity index is 0.00000208. The van der Waals surface area contributed by atoms with E-state index in [0.29, 0.717) is 6.54 Å². The fourth-order valence-corrected chi connectivity index (χ4v) is 2.32. The van der Waals surface area contributed by atoms with Crippen LogP contribution >= 0.6 is 0 Å². The van der Waals surface area contributed by atoms with Crippen molar-refractivity contribution in [3.8, 4) is 17.1 Å². The minimum atomic E-state index is -0.248. The number of hydrogen-bond acceptors (Lipinski definition) is 3. The predicted octanol–water partition coefficient (Wildman–Crippen LogP) is 1.39. The molecule has 0 fully saturated rings. The van der Waals surface area contributed by atoms with Crippen LogP contribution in [0.15, 0.2) is 65.1 Å². The first-order valence-electron chi connectivity index (χ1n) is 7.43. The van der Waals surface area contributed by atoms with Gasteiger partial charge in [-0.15, -0.1) is 0 Å². The number of rotatable bonds is 6. The normalized spacial score (nSPS) is 10.2. The molecule has 0 aliphatic heterocycles. The molecule has 3 nitrogen and oxygen atoms in total. The summed E-state index contributed by atoms with van der Waals surface area (Å²) in [7, 11) is 1.66. The molecule has 24 heavy (non-hydrogen) atoms. The van der Waals surface area contributed by atoms with Gasteiger partial charge in [-0.3, -0.25) is 0 Å². The Morgan fingerprint density at radius 2 is 1.62 bits per heavy atom. The average Bonchev–Trinajstić information content (AvgIpc) is 3.05. The van der Waals surface area contributed by atoms with Gasteiger partial charge < -0.3 is 26.9 Å². The molecule has 1 N–H and O–H groups in total. The SMILES string of the molecule is COc1ccc(CNCc2ccc(-c3ccc(F)cc3)o2)cc1.[Cl-]. The zero-order valence-electron chi connectivity index (χ0n) is 13.3. The van der Waals surface area contributed by atoms with E-state index in [1.807, 2.05) is 36.4 Å². The summed E-state index contributed by atoms with van der Waals surface area (Å²) < 4.78 is 23.8. The molecule has 0 aliphatic carbocycles. The van der Waals surface area contributed by atoms with Crippen molar-refractivity contribution in [2.75, 3.05) is 7.11 Å². The molecule has 0 amide bonds. The number of methoxy groups -OCH3 is 1. The van der Waals surface area contributed by atoms with Crippen molar-refractivity contribution in [3.05, 3.63) is 77.8 Å². The highest BCUT2D eigenvalue weighted by molar-refractivity contribution is 5.57. The van der Waals surface area contributed by atoms with Gasteiger partial charge in [-0.2, -0.15) is 0 Å². The predicted molar refractivity (Wildman–Crippen MR) is 87.6 cm³/mol. The average molecular weight is 347 g/mol. The molecule has 0 saturated carbocycles. The smallest absolute Gasteiger partial charge is 0.134 e. The summed E-state index contributed by atoms with van der Waals surface area (Å²) in [5.74, 6) is 2.19. The molecule has 126 valence electrons. The monoisotopic (exact) mass is 346 g/mol. The second-order valence-corrected chi connectivity index (χ2v) is 5.22. The molecule has 5 heteroatoms. The Bertz CT molecular complexity index is 754. The van der Waals surface area contributed by atoms with Crippen LogP contribution in [0.2, 0.25) is 0 Å². The largest absolute Gasteiger partial charge is 1.00 e. The molecule has 2 aromatic carbocycles. The summed E-state index contributed by atoms with van der Waals surface area (Å²) in [6.07, 6.45) is 0. The first-order chi connectivity index (χ1) is 11.2. The molecule has 0 saturated heterocycles. The minimum absolute atomic E-state index is 0. The molecule has 0 bridgehead atoms. The Labute approximate surface area is 146 Å². The third kappa shape index (κ3) is 4.60. The lowest BCUT2D eigenvalue weighted by atomic mass is 10.2. The van der Waals surface area contributed by atoms with Crippen LogP contribution in [0.1, 0.15) is 11.3 Å². The standard InChI is InChI=1S/C19H18FNO2.ClH/c1-22-17-8-2-14(3-9-17)12-21-13-18-10-11-19(23-18)15-4-6-16(20)7-5-15;/h2-11,21H,12-13H2,1H3;1H/p-1. The maximum Gasteiger partial charge on any atom is 0.134 e. The summed E-state index contributed by atoms with van der Waals surface area (Å²) in [5.41, 5.74) is 2.05. The lowest BCUT2D eigenvalue weighted by Gasteiger charge is -2.05. The highest BCUT2D eigenvalue weighted by Gasteiger charge is 2.05. The molecule has 0 unspecified atom stereocenters.